The van der Waals surface area contributed by atoms with Gasteiger partial charge in [-0.3, -0.25) is 0 Å². The zero-order chi connectivity index (χ0) is 5.98. The van der Waals surface area contributed by atoms with Gasteiger partial charge in [0, 0.05) is 11.4 Å². The quantitative estimate of drug-likeness (QED) is 0.504. The van der Waals surface area contributed by atoms with E-state index in [9.17, 15) is 0 Å². The van der Waals surface area contributed by atoms with Gasteiger partial charge in [-0.2, -0.15) is 0 Å². The summed E-state index contributed by atoms with van der Waals surface area (Å²) in [4.78, 5) is 2.96. The molecule has 0 aromatic rings. The minimum Gasteiger partial charge on any atom is -0.305 e. The van der Waals surface area contributed by atoms with E-state index in [1.54, 1.807) is 0 Å². The second-order valence-electron chi connectivity index (χ2n) is 2.30. The lowest BCUT2D eigenvalue weighted by Gasteiger charge is -2.25. The van der Waals surface area contributed by atoms with Crippen molar-refractivity contribution in [1.82, 2.24) is 4.90 Å². The normalized spacial score (nSPS) is 33.0. The summed E-state index contributed by atoms with van der Waals surface area (Å²) in [7, 11) is 2.15. The Kier molecular flexibility index (Phi) is 2.32. The molecule has 47 valence electrons. The molecule has 1 atom stereocenters. The van der Waals surface area contributed by atoms with Crippen LogP contribution in [0.3, 0.4) is 0 Å². The number of hydrogen-bond acceptors (Lipinski definition) is 1. The van der Waals surface area contributed by atoms with Crippen LogP contribution in [-0.4, -0.2) is 29.9 Å². The maximum absolute atomic E-state index is 3.53. The van der Waals surface area contributed by atoms with E-state index < -0.39 is 0 Å². The van der Waals surface area contributed by atoms with E-state index in [4.69, 9.17) is 0 Å². The van der Waals surface area contributed by atoms with Crippen LogP contribution in [0.2, 0.25) is 0 Å². The van der Waals surface area contributed by atoms with Crippen LogP contribution in [0.1, 0.15) is 6.42 Å². The molecular weight excluding hydrogens is 166 g/mol. The molecule has 0 amide bonds. The minimum atomic E-state index is 0.626. The maximum atomic E-state index is 3.53. The lowest BCUT2D eigenvalue weighted by molar-refractivity contribution is 0.316. The van der Waals surface area contributed by atoms with Gasteiger partial charge in [-0.05, 0) is 26.4 Å². The molecule has 0 aromatic carbocycles. The maximum Gasteiger partial charge on any atom is 0.0304 e. The molecule has 1 aliphatic heterocycles. The molecule has 0 saturated carbocycles. The SMILES string of the molecule is CN1CC[CH]C(Br)C1. The van der Waals surface area contributed by atoms with Crippen molar-refractivity contribution in [3.8, 4) is 0 Å². The highest BCUT2D eigenvalue weighted by molar-refractivity contribution is 9.09. The van der Waals surface area contributed by atoms with E-state index in [1.807, 2.05) is 0 Å². The van der Waals surface area contributed by atoms with Crippen LogP contribution in [0.4, 0.5) is 0 Å². The molecular formula is C6H11BrN. The Labute approximate surface area is 59.2 Å². The third kappa shape index (κ3) is 1.75. The lowest BCUT2D eigenvalue weighted by atomic mass is 10.1. The molecule has 0 aromatic heterocycles. The number of rotatable bonds is 0. The average Bonchev–Trinajstić information content (AvgIpc) is 1.64. The van der Waals surface area contributed by atoms with Crippen molar-refractivity contribution in [3.63, 3.8) is 0 Å². The monoisotopic (exact) mass is 176 g/mol. The van der Waals surface area contributed by atoms with Gasteiger partial charge in [0.2, 0.25) is 0 Å². The number of alkyl halides is 1. The smallest absolute Gasteiger partial charge is 0.0304 e. The summed E-state index contributed by atoms with van der Waals surface area (Å²) in [6, 6.07) is 0. The van der Waals surface area contributed by atoms with Gasteiger partial charge in [-0.25, -0.2) is 0 Å². The molecule has 1 heterocycles. The third-order valence-electron chi connectivity index (χ3n) is 1.42. The summed E-state index contributed by atoms with van der Waals surface area (Å²) >= 11 is 3.53. The highest BCUT2D eigenvalue weighted by Crippen LogP contribution is 2.13. The van der Waals surface area contributed by atoms with Crippen LogP contribution in [0.15, 0.2) is 0 Å². The Bertz CT molecular complexity index is 66.9. The molecule has 0 aliphatic carbocycles. The Morgan fingerprint density at radius 2 is 2.50 bits per heavy atom. The zero-order valence-corrected chi connectivity index (χ0v) is 6.69. The summed E-state index contributed by atoms with van der Waals surface area (Å²) in [6.07, 6.45) is 3.55. The zero-order valence-electron chi connectivity index (χ0n) is 5.10. The molecule has 0 spiro atoms. The van der Waals surface area contributed by atoms with Gasteiger partial charge in [0.1, 0.15) is 0 Å². The van der Waals surface area contributed by atoms with Crippen molar-refractivity contribution in [2.45, 2.75) is 11.2 Å². The molecule has 2 heteroatoms. The molecule has 1 radical (unpaired) electrons. The minimum absolute atomic E-state index is 0.626. The summed E-state index contributed by atoms with van der Waals surface area (Å²) in [5, 5.41) is 0. The Hall–Kier alpha value is 0.440. The standard InChI is InChI=1S/C6H11BrN/c1-8-4-2-3-6(7)5-8/h3,6H,2,4-5H2,1H3. The molecule has 1 fully saturated rings. The van der Waals surface area contributed by atoms with Gasteiger partial charge in [-0.15, -0.1) is 0 Å². The van der Waals surface area contributed by atoms with E-state index >= 15 is 0 Å². The Morgan fingerprint density at radius 1 is 1.75 bits per heavy atom. The van der Waals surface area contributed by atoms with Gasteiger partial charge in [0.15, 0.2) is 0 Å². The molecule has 1 nitrogen and oxygen atoms in total. The van der Waals surface area contributed by atoms with Crippen molar-refractivity contribution < 1.29 is 0 Å². The first-order valence-corrected chi connectivity index (χ1v) is 3.86. The second kappa shape index (κ2) is 2.83. The van der Waals surface area contributed by atoms with Gasteiger partial charge >= 0.3 is 0 Å². The number of hydrogen-bond donors (Lipinski definition) is 0. The summed E-state index contributed by atoms with van der Waals surface area (Å²) in [5.41, 5.74) is 0. The third-order valence-corrected chi connectivity index (χ3v) is 2.08. The van der Waals surface area contributed by atoms with Crippen LogP contribution in [0, 0.1) is 6.42 Å². The van der Waals surface area contributed by atoms with E-state index in [0.717, 1.165) is 0 Å². The molecule has 0 bridgehead atoms. The second-order valence-corrected chi connectivity index (χ2v) is 3.48. The van der Waals surface area contributed by atoms with E-state index in [0.29, 0.717) is 4.83 Å². The van der Waals surface area contributed by atoms with E-state index in [1.165, 1.54) is 19.5 Å². The van der Waals surface area contributed by atoms with Gasteiger partial charge in [0.05, 0.1) is 0 Å². The molecule has 1 aliphatic rings. The average molecular weight is 177 g/mol. The van der Waals surface area contributed by atoms with Crippen LogP contribution in [0.5, 0.6) is 0 Å². The van der Waals surface area contributed by atoms with Gasteiger partial charge in [0.25, 0.3) is 0 Å². The Morgan fingerprint density at radius 3 is 2.88 bits per heavy atom. The van der Waals surface area contributed by atoms with Crippen molar-refractivity contribution in [3.05, 3.63) is 6.42 Å². The molecule has 0 N–H and O–H groups in total. The summed E-state index contributed by atoms with van der Waals surface area (Å²) in [6.45, 7) is 2.39. The largest absolute Gasteiger partial charge is 0.305 e. The summed E-state index contributed by atoms with van der Waals surface area (Å²) in [5.74, 6) is 0. The number of nitrogens with zero attached hydrogens (tertiary/aromatic N) is 1. The topological polar surface area (TPSA) is 3.24 Å². The number of piperidine rings is 1. The first kappa shape index (κ1) is 6.56. The van der Waals surface area contributed by atoms with E-state index in [2.05, 4.69) is 34.3 Å². The van der Waals surface area contributed by atoms with Crippen LogP contribution in [-0.2, 0) is 0 Å². The predicted molar refractivity (Wildman–Crippen MR) is 39.1 cm³/mol. The van der Waals surface area contributed by atoms with Crippen molar-refractivity contribution in [1.29, 1.82) is 0 Å². The van der Waals surface area contributed by atoms with Gasteiger partial charge in [-0.1, -0.05) is 15.9 Å². The first-order chi connectivity index (χ1) is 3.79. The Balaban J connectivity index is 2.23. The van der Waals surface area contributed by atoms with Crippen LogP contribution in [0.25, 0.3) is 0 Å². The first-order valence-electron chi connectivity index (χ1n) is 2.95. The van der Waals surface area contributed by atoms with Crippen molar-refractivity contribution >= 4 is 15.9 Å². The van der Waals surface area contributed by atoms with E-state index in [-0.39, 0.29) is 0 Å². The fourth-order valence-corrected chi connectivity index (χ4v) is 1.70. The van der Waals surface area contributed by atoms with Crippen LogP contribution >= 0.6 is 15.9 Å². The van der Waals surface area contributed by atoms with Crippen LogP contribution < -0.4 is 0 Å². The molecule has 1 unspecified atom stereocenters. The predicted octanol–water partition coefficient (Wildman–Crippen LogP) is 1.29. The number of halogens is 1. The van der Waals surface area contributed by atoms with Crippen molar-refractivity contribution in [2.75, 3.05) is 20.1 Å². The van der Waals surface area contributed by atoms with Gasteiger partial charge < -0.3 is 4.90 Å². The fraction of sp³-hybridized carbons (Fsp3) is 0.833. The van der Waals surface area contributed by atoms with Crippen molar-refractivity contribution in [2.24, 2.45) is 0 Å². The lowest BCUT2D eigenvalue weighted by Crippen LogP contribution is -2.32. The highest BCUT2D eigenvalue weighted by Gasteiger charge is 2.12. The fourth-order valence-electron chi connectivity index (χ4n) is 0.939. The molecule has 8 heavy (non-hydrogen) atoms. The highest BCUT2D eigenvalue weighted by atomic mass is 79.9. The summed E-state index contributed by atoms with van der Waals surface area (Å²) < 4.78 is 0. The molecule has 1 saturated heterocycles. The number of likely N-dealkylation sites (tertiary alicyclic amines) is 1. The molecule has 1 rings (SSSR count).